The number of nitrogens with zero attached hydrogens (tertiary/aromatic N) is 6. The highest BCUT2D eigenvalue weighted by Gasteiger charge is 2.19. The van der Waals surface area contributed by atoms with Crippen molar-refractivity contribution in [2.75, 3.05) is 36.0 Å². The molecule has 0 radical (unpaired) electrons. The maximum absolute atomic E-state index is 13.7. The monoisotopic (exact) mass is 764 g/mol. The van der Waals surface area contributed by atoms with Crippen molar-refractivity contribution in [3.05, 3.63) is 143 Å². The quantitative estimate of drug-likeness (QED) is 0.111. The molecule has 5 aromatic carbocycles. The van der Waals surface area contributed by atoms with Crippen molar-refractivity contribution >= 4 is 66.9 Å². The summed E-state index contributed by atoms with van der Waals surface area (Å²) < 4.78 is 12.8. The maximum Gasteiger partial charge on any atom is 0.277 e. The average molecular weight is 765 g/mol. The maximum atomic E-state index is 13.7. The third-order valence-corrected chi connectivity index (χ3v) is 10.8. The summed E-state index contributed by atoms with van der Waals surface area (Å²) >= 11 is 0. The van der Waals surface area contributed by atoms with Gasteiger partial charge in [0.1, 0.15) is 22.4 Å². The lowest BCUT2D eigenvalue weighted by atomic mass is 10.0. The predicted octanol–water partition coefficient (Wildman–Crippen LogP) is 9.66. The fourth-order valence-electron chi connectivity index (χ4n) is 7.71. The van der Waals surface area contributed by atoms with Crippen LogP contribution in [0, 0.1) is 0 Å². The second kappa shape index (κ2) is 15.0. The van der Waals surface area contributed by atoms with Crippen LogP contribution in [0.15, 0.2) is 140 Å². The molecule has 10 heteroatoms. The van der Waals surface area contributed by atoms with Gasteiger partial charge in [0.2, 0.25) is 0 Å². The summed E-state index contributed by atoms with van der Waals surface area (Å²) in [7, 11) is 0. The van der Waals surface area contributed by atoms with Gasteiger partial charge < -0.3 is 18.6 Å². The lowest BCUT2D eigenvalue weighted by molar-refractivity contribution is 0.0987. The standard InChI is InChI=1S/C48H40N6O4/c1-5-53(6-2)31-21-23-37-41(25-31)57-43-27-39(33-13-9-11-15-35(33)45(43)49-37)51-47(55)29-17-19-30(20-18-29)48(56)52-40-28-44-46(36-16-12-10-14-34(36)40)50-38-24-22-32(26-42(38)58-44)54(7-3)8-4/h9-28H,5-8H2,1-4H3. The third-order valence-electron chi connectivity index (χ3n) is 10.8. The van der Waals surface area contributed by atoms with E-state index in [0.29, 0.717) is 55.9 Å². The summed E-state index contributed by atoms with van der Waals surface area (Å²) in [5.41, 5.74) is 6.93. The summed E-state index contributed by atoms with van der Waals surface area (Å²) in [5.74, 6) is 0.145. The van der Waals surface area contributed by atoms with Crippen LogP contribution in [0.3, 0.4) is 0 Å². The Morgan fingerprint density at radius 2 is 0.879 bits per heavy atom. The van der Waals surface area contributed by atoms with E-state index in [1.807, 2.05) is 72.8 Å². The SMILES string of the molecule is CCN(CC)c1ccc2nc3c4ccccc4c(=NC(=O)c4ccc(C(=O)N=c5cc6oc7cc(N(CC)CC)ccc7nc-6c6ccccc56)cc4)cc-3oc2c1. The molecule has 2 aliphatic carbocycles. The third kappa shape index (κ3) is 6.52. The van der Waals surface area contributed by atoms with E-state index in [0.717, 1.165) is 70.1 Å². The van der Waals surface area contributed by atoms with Crippen LogP contribution in [-0.4, -0.2) is 48.0 Å². The molecular formula is C48H40N6O4. The molecule has 0 spiro atoms. The Morgan fingerprint density at radius 1 is 0.500 bits per heavy atom. The van der Waals surface area contributed by atoms with Crippen LogP contribution in [0.4, 0.5) is 11.4 Å². The molecule has 0 atom stereocenters. The molecule has 0 saturated carbocycles. The van der Waals surface area contributed by atoms with Crippen molar-refractivity contribution < 1.29 is 18.4 Å². The predicted molar refractivity (Wildman–Crippen MR) is 230 cm³/mol. The van der Waals surface area contributed by atoms with Gasteiger partial charge in [-0.1, -0.05) is 48.5 Å². The zero-order valence-electron chi connectivity index (χ0n) is 32.7. The Hall–Kier alpha value is -7.20. The number of hydrogen-bond acceptors (Lipinski definition) is 8. The second-order valence-corrected chi connectivity index (χ2v) is 14.1. The van der Waals surface area contributed by atoms with Crippen molar-refractivity contribution in [2.24, 2.45) is 9.98 Å². The van der Waals surface area contributed by atoms with Gasteiger partial charge in [-0.25, -0.2) is 20.0 Å². The number of amides is 2. The van der Waals surface area contributed by atoms with E-state index in [4.69, 9.17) is 18.8 Å². The van der Waals surface area contributed by atoms with Crippen molar-refractivity contribution in [3.63, 3.8) is 0 Å². The zero-order chi connectivity index (χ0) is 39.9. The smallest absolute Gasteiger partial charge is 0.277 e. The Morgan fingerprint density at radius 3 is 1.26 bits per heavy atom. The van der Waals surface area contributed by atoms with Crippen LogP contribution in [0.25, 0.3) is 66.7 Å². The van der Waals surface area contributed by atoms with Crippen LogP contribution < -0.4 is 20.5 Å². The van der Waals surface area contributed by atoms with Crippen molar-refractivity contribution in [1.82, 2.24) is 9.97 Å². The molecule has 286 valence electrons. The largest absolute Gasteiger partial charge is 0.453 e. The molecule has 10 nitrogen and oxygen atoms in total. The van der Waals surface area contributed by atoms with Gasteiger partial charge in [0.25, 0.3) is 11.8 Å². The van der Waals surface area contributed by atoms with Crippen LogP contribution in [0.2, 0.25) is 0 Å². The lowest BCUT2D eigenvalue weighted by Crippen LogP contribution is -2.21. The normalized spacial score (nSPS) is 12.4. The second-order valence-electron chi connectivity index (χ2n) is 14.1. The minimum Gasteiger partial charge on any atom is -0.453 e. The number of fused-ring (bicyclic) bond motifs is 8. The number of anilines is 2. The Kier molecular flexibility index (Phi) is 9.45. The first kappa shape index (κ1) is 36.4. The zero-order valence-corrected chi connectivity index (χ0v) is 32.7. The number of rotatable bonds is 8. The highest BCUT2D eigenvalue weighted by Crippen LogP contribution is 2.33. The molecule has 0 bridgehead atoms. The topological polar surface area (TPSA) is 117 Å². The summed E-state index contributed by atoms with van der Waals surface area (Å²) in [6, 6.07) is 37.5. The summed E-state index contributed by atoms with van der Waals surface area (Å²) in [6.45, 7) is 12.0. The summed E-state index contributed by atoms with van der Waals surface area (Å²) in [4.78, 5) is 50.9. The first-order chi connectivity index (χ1) is 28.3. The van der Waals surface area contributed by atoms with E-state index in [9.17, 15) is 9.59 Å². The molecule has 0 unspecified atom stereocenters. The van der Waals surface area contributed by atoms with Gasteiger partial charge >= 0.3 is 0 Å². The first-order valence-corrected chi connectivity index (χ1v) is 19.7. The van der Waals surface area contributed by atoms with Crippen LogP contribution in [0.1, 0.15) is 48.4 Å². The van der Waals surface area contributed by atoms with E-state index in [-0.39, 0.29) is 0 Å². The van der Waals surface area contributed by atoms with Crippen molar-refractivity contribution in [1.29, 1.82) is 0 Å². The minimum absolute atomic E-state index is 0.329. The summed E-state index contributed by atoms with van der Waals surface area (Å²) in [5, 5.41) is 4.14. The van der Waals surface area contributed by atoms with Gasteiger partial charge in [-0.3, -0.25) is 9.59 Å². The fourth-order valence-corrected chi connectivity index (χ4v) is 7.71. The van der Waals surface area contributed by atoms with E-state index in [2.05, 4.69) is 59.6 Å². The number of hydrogen-bond donors (Lipinski definition) is 0. The van der Waals surface area contributed by atoms with E-state index in [1.165, 1.54) is 0 Å². The lowest BCUT2D eigenvalue weighted by Gasteiger charge is -2.21. The average Bonchev–Trinajstić information content (AvgIpc) is 3.26. The van der Waals surface area contributed by atoms with Crippen molar-refractivity contribution in [2.45, 2.75) is 27.7 Å². The van der Waals surface area contributed by atoms with Crippen LogP contribution in [-0.2, 0) is 0 Å². The molecular weight excluding hydrogens is 725 g/mol. The summed E-state index contributed by atoms with van der Waals surface area (Å²) in [6.07, 6.45) is 0. The molecule has 0 saturated heterocycles. The minimum atomic E-state index is -0.455. The highest BCUT2D eigenvalue weighted by molar-refractivity contribution is 6.02. The molecule has 5 aromatic rings. The molecule has 0 fully saturated rings. The van der Waals surface area contributed by atoms with Gasteiger partial charge in [-0.15, -0.1) is 0 Å². The number of carbonyl (C=O) groups is 2. The Balaban J connectivity index is 1.06. The van der Waals surface area contributed by atoms with Crippen molar-refractivity contribution in [3.8, 4) is 22.9 Å². The van der Waals surface area contributed by atoms with E-state index < -0.39 is 11.8 Å². The van der Waals surface area contributed by atoms with Gasteiger partial charge in [-0.2, -0.15) is 0 Å². The highest BCUT2D eigenvalue weighted by atomic mass is 16.3. The molecule has 0 N–H and O–H groups in total. The number of carbonyl (C=O) groups excluding carboxylic acids is 2. The fraction of sp³-hybridized carbons (Fsp3) is 0.167. The van der Waals surface area contributed by atoms with Crippen LogP contribution in [0.5, 0.6) is 0 Å². The molecule has 58 heavy (non-hydrogen) atoms. The van der Waals surface area contributed by atoms with Gasteiger partial charge in [0.05, 0.1) is 10.7 Å². The molecule has 2 heterocycles. The first-order valence-electron chi connectivity index (χ1n) is 19.7. The molecule has 0 aromatic heterocycles. The van der Waals surface area contributed by atoms with Gasteiger partial charge in [-0.05, 0) is 76.2 Å². The van der Waals surface area contributed by atoms with Gasteiger partial charge in [0.15, 0.2) is 22.7 Å². The number of benzene rings is 7. The van der Waals surface area contributed by atoms with Crippen LogP contribution >= 0.6 is 0 Å². The molecule has 4 aliphatic rings. The van der Waals surface area contributed by atoms with E-state index >= 15 is 0 Å². The molecule has 9 rings (SSSR count). The number of aromatic nitrogens is 2. The molecule has 2 aliphatic heterocycles. The Labute approximate surface area is 334 Å². The van der Waals surface area contributed by atoms with E-state index in [1.54, 1.807) is 36.4 Å². The van der Waals surface area contributed by atoms with Gasteiger partial charge in [0, 0.05) is 94.5 Å². The Bertz CT molecular complexity index is 2910. The molecule has 2 amide bonds.